The zero-order valence-electron chi connectivity index (χ0n) is 13.4. The molecule has 1 aromatic carbocycles. The number of hydrogen-bond donors (Lipinski definition) is 0. The lowest BCUT2D eigenvalue weighted by molar-refractivity contribution is 0.305. The molecule has 0 saturated carbocycles. The summed E-state index contributed by atoms with van der Waals surface area (Å²) >= 11 is 0. The Hall–Kier alpha value is -1.42. The minimum absolute atomic E-state index is 0.390. The number of rotatable bonds is 8. The second-order valence-corrected chi connectivity index (χ2v) is 5.45. The van der Waals surface area contributed by atoms with Crippen LogP contribution >= 0.6 is 0 Å². The fourth-order valence-electron chi connectivity index (χ4n) is 2.23. The highest BCUT2D eigenvalue weighted by molar-refractivity contribution is 5.30. The third-order valence-electron chi connectivity index (χ3n) is 3.79. The van der Waals surface area contributed by atoms with E-state index in [0.29, 0.717) is 11.8 Å². The van der Waals surface area contributed by atoms with E-state index in [4.69, 9.17) is 4.74 Å². The molecule has 1 heteroatoms. The van der Waals surface area contributed by atoms with Crippen molar-refractivity contribution in [3.63, 3.8) is 0 Å². The van der Waals surface area contributed by atoms with E-state index in [-0.39, 0.29) is 0 Å². The first-order chi connectivity index (χ1) is 9.69. The Balaban J connectivity index is 2.45. The summed E-state index contributed by atoms with van der Waals surface area (Å²) < 4.78 is 5.77. The molecule has 0 aromatic heterocycles. The van der Waals surface area contributed by atoms with Gasteiger partial charge in [-0.15, -0.1) is 5.92 Å². The maximum absolute atomic E-state index is 5.77. The van der Waals surface area contributed by atoms with Gasteiger partial charge in [0.15, 0.2) is 0 Å². The summed E-state index contributed by atoms with van der Waals surface area (Å²) in [4.78, 5) is 0. The lowest BCUT2D eigenvalue weighted by atomic mass is 9.89. The van der Waals surface area contributed by atoms with Crippen molar-refractivity contribution < 1.29 is 4.74 Å². The van der Waals surface area contributed by atoms with Gasteiger partial charge in [-0.2, -0.15) is 0 Å². The Kier molecular flexibility index (Phi) is 7.88. The molecule has 0 aliphatic rings. The van der Waals surface area contributed by atoms with Gasteiger partial charge in [0.25, 0.3) is 0 Å². The van der Waals surface area contributed by atoms with Gasteiger partial charge in [-0.25, -0.2) is 0 Å². The van der Waals surface area contributed by atoms with Crippen molar-refractivity contribution >= 4 is 0 Å². The molecule has 0 aliphatic heterocycles. The number of ether oxygens (including phenoxy) is 1. The van der Waals surface area contributed by atoms with Gasteiger partial charge in [-0.3, -0.25) is 0 Å². The molecule has 1 nitrogen and oxygen atoms in total. The summed E-state index contributed by atoms with van der Waals surface area (Å²) in [7, 11) is 0. The highest BCUT2D eigenvalue weighted by atomic mass is 16.5. The van der Waals surface area contributed by atoms with Crippen LogP contribution in [0.3, 0.4) is 0 Å². The Labute approximate surface area is 124 Å². The van der Waals surface area contributed by atoms with E-state index in [1.807, 2.05) is 6.92 Å². The van der Waals surface area contributed by atoms with Crippen LogP contribution in [0.4, 0.5) is 0 Å². The molecule has 2 atom stereocenters. The molecular formula is C19H28O. The number of benzene rings is 1. The lowest BCUT2D eigenvalue weighted by Crippen LogP contribution is -2.04. The fraction of sp³-hybridized carbons (Fsp3) is 0.579. The van der Waals surface area contributed by atoms with E-state index >= 15 is 0 Å². The van der Waals surface area contributed by atoms with Crippen molar-refractivity contribution in [2.24, 2.45) is 5.92 Å². The molecule has 0 spiro atoms. The Morgan fingerprint density at radius 1 is 1.05 bits per heavy atom. The summed E-state index contributed by atoms with van der Waals surface area (Å²) in [5.74, 6) is 8.06. The van der Waals surface area contributed by atoms with Crippen LogP contribution in [0.5, 0.6) is 5.75 Å². The van der Waals surface area contributed by atoms with Crippen molar-refractivity contribution in [2.45, 2.75) is 59.3 Å². The maximum Gasteiger partial charge on any atom is 0.119 e. The largest absolute Gasteiger partial charge is 0.494 e. The molecule has 110 valence electrons. The standard InChI is InChI=1S/C19H28O/c1-5-7-8-9-15-20-19-13-11-18(12-14-19)17(4)16(3)10-6-2/h11-14,16-17H,5,7-9,15H2,1-4H3. The summed E-state index contributed by atoms with van der Waals surface area (Å²) in [5.41, 5.74) is 1.33. The third-order valence-corrected chi connectivity index (χ3v) is 3.79. The zero-order chi connectivity index (χ0) is 14.8. The average Bonchev–Trinajstić information content (AvgIpc) is 2.47. The van der Waals surface area contributed by atoms with Crippen LogP contribution in [0.1, 0.15) is 64.9 Å². The van der Waals surface area contributed by atoms with Gasteiger partial charge >= 0.3 is 0 Å². The first-order valence-corrected chi connectivity index (χ1v) is 7.84. The van der Waals surface area contributed by atoms with E-state index in [0.717, 1.165) is 18.8 Å². The van der Waals surface area contributed by atoms with Crippen molar-refractivity contribution in [3.05, 3.63) is 29.8 Å². The molecule has 20 heavy (non-hydrogen) atoms. The molecule has 0 aliphatic carbocycles. The first-order valence-electron chi connectivity index (χ1n) is 7.84. The summed E-state index contributed by atoms with van der Waals surface area (Å²) in [5, 5.41) is 0. The molecule has 1 rings (SSSR count). The van der Waals surface area contributed by atoms with Gasteiger partial charge in [0, 0.05) is 5.92 Å². The average molecular weight is 272 g/mol. The van der Waals surface area contributed by atoms with Crippen molar-refractivity contribution in [2.75, 3.05) is 6.61 Å². The minimum atomic E-state index is 0.390. The van der Waals surface area contributed by atoms with Gasteiger partial charge in [-0.05, 0) is 37.0 Å². The van der Waals surface area contributed by atoms with Crippen LogP contribution in [-0.2, 0) is 0 Å². The monoisotopic (exact) mass is 272 g/mol. The Morgan fingerprint density at radius 2 is 1.75 bits per heavy atom. The molecule has 0 radical (unpaired) electrons. The normalized spacial score (nSPS) is 13.2. The molecule has 2 unspecified atom stereocenters. The van der Waals surface area contributed by atoms with Crippen LogP contribution < -0.4 is 4.74 Å². The zero-order valence-corrected chi connectivity index (χ0v) is 13.4. The van der Waals surface area contributed by atoms with Gasteiger partial charge in [-0.1, -0.05) is 58.1 Å². The SMILES string of the molecule is CC#CC(C)C(C)c1ccc(OCCCCCC)cc1. The molecule has 0 amide bonds. The van der Waals surface area contributed by atoms with Crippen molar-refractivity contribution in [1.29, 1.82) is 0 Å². The van der Waals surface area contributed by atoms with Crippen molar-refractivity contribution in [3.8, 4) is 17.6 Å². The second-order valence-electron chi connectivity index (χ2n) is 5.45. The first kappa shape index (κ1) is 16.6. The smallest absolute Gasteiger partial charge is 0.119 e. The maximum atomic E-state index is 5.77. The van der Waals surface area contributed by atoms with Gasteiger partial charge in [0.05, 0.1) is 6.61 Å². The Morgan fingerprint density at radius 3 is 2.35 bits per heavy atom. The summed E-state index contributed by atoms with van der Waals surface area (Å²) in [6.45, 7) is 9.37. The predicted octanol–water partition coefficient (Wildman–Crippen LogP) is 5.41. The van der Waals surface area contributed by atoms with E-state index in [1.165, 1.54) is 24.8 Å². The van der Waals surface area contributed by atoms with Crippen molar-refractivity contribution in [1.82, 2.24) is 0 Å². The van der Waals surface area contributed by atoms with Gasteiger partial charge in [0.2, 0.25) is 0 Å². The molecule has 0 fully saturated rings. The Bertz CT molecular complexity index is 421. The highest BCUT2D eigenvalue weighted by Crippen LogP contribution is 2.25. The van der Waals surface area contributed by atoms with Crippen LogP contribution in [0.25, 0.3) is 0 Å². The van der Waals surface area contributed by atoms with Gasteiger partial charge < -0.3 is 4.74 Å². The van der Waals surface area contributed by atoms with Gasteiger partial charge in [0.1, 0.15) is 5.75 Å². The van der Waals surface area contributed by atoms with Crippen LogP contribution in [0.15, 0.2) is 24.3 Å². The van der Waals surface area contributed by atoms with Crippen LogP contribution in [0.2, 0.25) is 0 Å². The quantitative estimate of drug-likeness (QED) is 0.454. The predicted molar refractivity (Wildman–Crippen MR) is 87.1 cm³/mol. The van der Waals surface area contributed by atoms with E-state index in [2.05, 4.69) is 56.9 Å². The molecule has 0 heterocycles. The van der Waals surface area contributed by atoms with E-state index in [1.54, 1.807) is 0 Å². The molecular weight excluding hydrogens is 244 g/mol. The van der Waals surface area contributed by atoms with Crippen LogP contribution in [0, 0.1) is 17.8 Å². The molecule has 0 bridgehead atoms. The lowest BCUT2D eigenvalue weighted by Gasteiger charge is -2.16. The molecule has 0 saturated heterocycles. The molecule has 0 N–H and O–H groups in total. The van der Waals surface area contributed by atoms with Crippen LogP contribution in [-0.4, -0.2) is 6.61 Å². The summed E-state index contributed by atoms with van der Waals surface area (Å²) in [6.07, 6.45) is 4.98. The van der Waals surface area contributed by atoms with E-state index < -0.39 is 0 Å². The topological polar surface area (TPSA) is 9.23 Å². The van der Waals surface area contributed by atoms with E-state index in [9.17, 15) is 0 Å². The third kappa shape index (κ3) is 5.70. The second kappa shape index (κ2) is 9.48. The fourth-order valence-corrected chi connectivity index (χ4v) is 2.23. The highest BCUT2D eigenvalue weighted by Gasteiger charge is 2.11. The summed E-state index contributed by atoms with van der Waals surface area (Å²) in [6, 6.07) is 8.50. The number of hydrogen-bond acceptors (Lipinski definition) is 1. The molecule has 1 aromatic rings. The number of unbranched alkanes of at least 4 members (excludes halogenated alkanes) is 3. The minimum Gasteiger partial charge on any atom is -0.494 e.